The quantitative estimate of drug-likeness (QED) is 0.853. The van der Waals surface area contributed by atoms with Crippen LogP contribution < -0.4 is 4.90 Å². The number of likely N-dealkylation sites (tertiary alicyclic amines) is 1. The Bertz CT molecular complexity index is 449. The molecule has 1 heterocycles. The van der Waals surface area contributed by atoms with Crippen molar-refractivity contribution in [1.82, 2.24) is 0 Å². The maximum absolute atomic E-state index is 12.4. The van der Waals surface area contributed by atoms with Crippen LogP contribution in [0.4, 0.5) is 0 Å². The van der Waals surface area contributed by atoms with E-state index in [-0.39, 0.29) is 11.7 Å². The number of hydrogen-bond donors (Lipinski definition) is 1. The summed E-state index contributed by atoms with van der Waals surface area (Å²) in [5, 5.41) is 9.27. The highest BCUT2D eigenvalue weighted by molar-refractivity contribution is 5.90. The fraction of sp³-hybridized carbons (Fsp3) is 0.467. The molecule has 1 N–H and O–H groups in total. The molecule has 1 aromatic carbocycles. The van der Waals surface area contributed by atoms with Crippen molar-refractivity contribution >= 4 is 5.78 Å². The van der Waals surface area contributed by atoms with E-state index in [0.717, 1.165) is 31.5 Å². The zero-order valence-corrected chi connectivity index (χ0v) is 10.7. The van der Waals surface area contributed by atoms with Gasteiger partial charge in [-0.15, -0.1) is 0 Å². The van der Waals surface area contributed by atoms with Gasteiger partial charge in [0.15, 0.2) is 5.78 Å². The van der Waals surface area contributed by atoms with Crippen LogP contribution in [0.15, 0.2) is 30.3 Å². The Morgan fingerprint density at radius 3 is 2.78 bits per heavy atom. The Kier molecular flexibility index (Phi) is 4.11. The van der Waals surface area contributed by atoms with Gasteiger partial charge in [-0.05, 0) is 18.4 Å². The molecule has 1 aromatic rings. The van der Waals surface area contributed by atoms with Crippen LogP contribution in [-0.4, -0.2) is 25.9 Å². The molecule has 1 fully saturated rings. The highest BCUT2D eigenvalue weighted by Gasteiger charge is 2.32. The van der Waals surface area contributed by atoms with Crippen LogP contribution in [0.1, 0.15) is 24.3 Å². The molecule has 18 heavy (non-hydrogen) atoms. The Labute approximate surface area is 108 Å². The lowest BCUT2D eigenvalue weighted by Crippen LogP contribution is -3.10. The normalized spacial score (nSPS) is 25.1. The SMILES string of the molecule is C[NH+]1CCC[C@@H](C(=O)[C@@H](C#N)c2ccccc2)C1. The van der Waals surface area contributed by atoms with E-state index in [9.17, 15) is 10.1 Å². The number of piperidine rings is 1. The molecule has 0 spiro atoms. The number of nitriles is 1. The first-order valence-corrected chi connectivity index (χ1v) is 6.52. The average molecular weight is 243 g/mol. The van der Waals surface area contributed by atoms with Gasteiger partial charge in [0, 0.05) is 0 Å². The molecule has 3 atom stereocenters. The molecule has 0 amide bonds. The lowest BCUT2D eigenvalue weighted by Gasteiger charge is -2.27. The molecule has 3 nitrogen and oxygen atoms in total. The summed E-state index contributed by atoms with van der Waals surface area (Å²) < 4.78 is 0. The smallest absolute Gasteiger partial charge is 0.163 e. The molecule has 3 heteroatoms. The van der Waals surface area contributed by atoms with Crippen LogP contribution in [-0.2, 0) is 4.79 Å². The van der Waals surface area contributed by atoms with E-state index in [1.165, 1.54) is 4.90 Å². The maximum atomic E-state index is 12.4. The minimum absolute atomic E-state index is 0.0450. The molecule has 0 radical (unpaired) electrons. The van der Waals surface area contributed by atoms with Gasteiger partial charge in [0.2, 0.25) is 0 Å². The summed E-state index contributed by atoms with van der Waals surface area (Å²) >= 11 is 0. The minimum Gasteiger partial charge on any atom is -0.337 e. The maximum Gasteiger partial charge on any atom is 0.163 e. The fourth-order valence-electron chi connectivity index (χ4n) is 2.70. The van der Waals surface area contributed by atoms with Gasteiger partial charge in [0.25, 0.3) is 0 Å². The van der Waals surface area contributed by atoms with Crippen molar-refractivity contribution < 1.29 is 9.69 Å². The van der Waals surface area contributed by atoms with Crippen molar-refractivity contribution in [1.29, 1.82) is 5.26 Å². The van der Waals surface area contributed by atoms with E-state index < -0.39 is 5.92 Å². The number of carbonyl (C=O) groups is 1. The Balaban J connectivity index is 2.14. The van der Waals surface area contributed by atoms with Gasteiger partial charge in [-0.3, -0.25) is 4.79 Å². The van der Waals surface area contributed by atoms with Gasteiger partial charge in [0.05, 0.1) is 32.1 Å². The second kappa shape index (κ2) is 5.79. The second-order valence-electron chi connectivity index (χ2n) is 5.13. The van der Waals surface area contributed by atoms with Gasteiger partial charge in [-0.2, -0.15) is 5.26 Å². The Hall–Kier alpha value is -1.66. The third-order valence-corrected chi connectivity index (χ3v) is 3.70. The molecule has 1 aliphatic rings. The summed E-state index contributed by atoms with van der Waals surface area (Å²) in [5.41, 5.74) is 0.827. The summed E-state index contributed by atoms with van der Waals surface area (Å²) in [6, 6.07) is 11.6. The molecular weight excluding hydrogens is 224 g/mol. The lowest BCUT2D eigenvalue weighted by molar-refractivity contribution is -0.887. The van der Waals surface area contributed by atoms with Crippen LogP contribution >= 0.6 is 0 Å². The molecule has 1 saturated heterocycles. The summed E-state index contributed by atoms with van der Waals surface area (Å²) in [6.45, 7) is 2.00. The number of nitrogens with one attached hydrogen (secondary N) is 1. The molecule has 0 aromatic heterocycles. The number of quaternary nitrogens is 1. The second-order valence-corrected chi connectivity index (χ2v) is 5.13. The molecule has 0 saturated carbocycles. The minimum atomic E-state index is -0.595. The largest absolute Gasteiger partial charge is 0.337 e. The van der Waals surface area contributed by atoms with E-state index in [0.29, 0.717) is 0 Å². The zero-order chi connectivity index (χ0) is 13.0. The summed E-state index contributed by atoms with van der Waals surface area (Å²) in [7, 11) is 2.11. The van der Waals surface area contributed by atoms with Crippen molar-refractivity contribution in [3.05, 3.63) is 35.9 Å². The molecule has 1 aliphatic heterocycles. The van der Waals surface area contributed by atoms with Gasteiger partial charge >= 0.3 is 0 Å². The van der Waals surface area contributed by atoms with Crippen molar-refractivity contribution in [3.8, 4) is 6.07 Å². The van der Waals surface area contributed by atoms with Crippen molar-refractivity contribution in [2.24, 2.45) is 5.92 Å². The predicted molar refractivity (Wildman–Crippen MR) is 69.1 cm³/mol. The number of benzene rings is 1. The average Bonchev–Trinajstić information content (AvgIpc) is 2.41. The zero-order valence-electron chi connectivity index (χ0n) is 10.7. The van der Waals surface area contributed by atoms with Crippen molar-refractivity contribution in [2.45, 2.75) is 18.8 Å². The number of Topliss-reactive ketones (excluding diaryl/α,β-unsaturated/α-hetero) is 1. The molecule has 94 valence electrons. The van der Waals surface area contributed by atoms with Gasteiger partial charge in [-0.1, -0.05) is 30.3 Å². The first-order valence-electron chi connectivity index (χ1n) is 6.52. The summed E-state index contributed by atoms with van der Waals surface area (Å²) in [4.78, 5) is 13.8. The van der Waals surface area contributed by atoms with E-state index >= 15 is 0 Å². The van der Waals surface area contributed by atoms with Crippen LogP contribution in [0, 0.1) is 17.2 Å². The van der Waals surface area contributed by atoms with Crippen LogP contribution in [0.5, 0.6) is 0 Å². The van der Waals surface area contributed by atoms with Crippen molar-refractivity contribution in [2.75, 3.05) is 20.1 Å². The number of rotatable bonds is 3. The van der Waals surface area contributed by atoms with Crippen LogP contribution in [0.2, 0.25) is 0 Å². The fourth-order valence-corrected chi connectivity index (χ4v) is 2.70. The van der Waals surface area contributed by atoms with Gasteiger partial charge in [-0.25, -0.2) is 0 Å². The lowest BCUT2D eigenvalue weighted by atomic mass is 9.84. The number of ketones is 1. The van der Waals surface area contributed by atoms with Gasteiger partial charge < -0.3 is 4.90 Å². The molecule has 0 aliphatic carbocycles. The predicted octanol–water partition coefficient (Wildman–Crippen LogP) is 0.788. The van der Waals surface area contributed by atoms with E-state index in [1.807, 2.05) is 30.3 Å². The van der Waals surface area contributed by atoms with E-state index in [4.69, 9.17) is 0 Å². The number of hydrogen-bond acceptors (Lipinski definition) is 2. The third-order valence-electron chi connectivity index (χ3n) is 3.70. The number of nitrogens with zero attached hydrogens (tertiary/aromatic N) is 1. The van der Waals surface area contributed by atoms with Crippen LogP contribution in [0.3, 0.4) is 0 Å². The molecule has 2 rings (SSSR count). The Morgan fingerprint density at radius 1 is 1.44 bits per heavy atom. The highest BCUT2D eigenvalue weighted by Crippen LogP contribution is 2.22. The van der Waals surface area contributed by atoms with Crippen LogP contribution in [0.25, 0.3) is 0 Å². The topological polar surface area (TPSA) is 45.3 Å². The number of carbonyl (C=O) groups excluding carboxylic acids is 1. The first-order chi connectivity index (χ1) is 8.72. The molecule has 1 unspecified atom stereocenters. The van der Waals surface area contributed by atoms with E-state index in [1.54, 1.807) is 0 Å². The monoisotopic (exact) mass is 243 g/mol. The Morgan fingerprint density at radius 2 is 2.17 bits per heavy atom. The summed E-state index contributed by atoms with van der Waals surface area (Å²) in [5.74, 6) is -0.451. The summed E-state index contributed by atoms with van der Waals surface area (Å²) in [6.07, 6.45) is 2.01. The van der Waals surface area contributed by atoms with Crippen molar-refractivity contribution in [3.63, 3.8) is 0 Å². The standard InChI is InChI=1S/C15H18N2O/c1-17-9-5-8-13(11-17)15(18)14(10-16)12-6-3-2-4-7-12/h2-4,6-7,13-14H,5,8-9,11H2,1H3/p+1/t13-,14+/m1/s1. The molecule has 0 bridgehead atoms. The highest BCUT2D eigenvalue weighted by atomic mass is 16.1. The van der Waals surface area contributed by atoms with E-state index in [2.05, 4.69) is 13.1 Å². The molecular formula is C15H19N2O+. The third kappa shape index (κ3) is 2.77. The van der Waals surface area contributed by atoms with Gasteiger partial charge in [0.1, 0.15) is 5.92 Å². The first kappa shape index (κ1) is 12.8.